The fourth-order valence-electron chi connectivity index (χ4n) is 3.65. The fraction of sp³-hybridized carbons (Fsp3) is 0.0500. The standard InChI is InChI=1S/C20H12O5.H2O3S/c21-11-5-7-15-17(9-11)24-18-10-12(22)6-8-16(18)20(15)14-4-2-1-3-13(14)19(23)25-20;1-4(2)3/h1-10,21-22H;(H2,1,2,3)/p-1. The van der Waals surface area contributed by atoms with E-state index < -0.39 is 22.9 Å². The molecule has 8 nitrogen and oxygen atoms in total. The normalized spacial score (nSPS) is 15.7. The Kier molecular flexibility index (Phi) is 4.50. The third-order valence-electron chi connectivity index (χ3n) is 4.68. The quantitative estimate of drug-likeness (QED) is 0.378. The molecule has 0 radical (unpaired) electrons. The summed E-state index contributed by atoms with van der Waals surface area (Å²) in [5, 5.41) is 19.7. The lowest BCUT2D eigenvalue weighted by Crippen LogP contribution is -2.32. The van der Waals surface area contributed by atoms with Gasteiger partial charge in [0.15, 0.2) is 5.60 Å². The Labute approximate surface area is 167 Å². The average Bonchev–Trinajstić information content (AvgIpc) is 2.95. The maximum Gasteiger partial charge on any atom is 0.340 e. The second-order valence-electron chi connectivity index (χ2n) is 6.30. The molecule has 1 spiro atoms. The highest BCUT2D eigenvalue weighted by Crippen LogP contribution is 2.56. The van der Waals surface area contributed by atoms with Crippen molar-refractivity contribution in [1.82, 2.24) is 0 Å². The molecule has 1 atom stereocenters. The summed E-state index contributed by atoms with van der Waals surface area (Å²) in [5.41, 5.74) is 1.28. The van der Waals surface area contributed by atoms with Crippen molar-refractivity contribution in [3.05, 3.63) is 82.9 Å². The lowest BCUT2D eigenvalue weighted by molar-refractivity contribution is 0.0224. The molecule has 0 amide bonds. The number of carbonyl (C=O) groups excluding carboxylic acids is 1. The number of rotatable bonds is 0. The number of hydrogen-bond donors (Lipinski definition) is 3. The van der Waals surface area contributed by atoms with E-state index in [1.165, 1.54) is 24.3 Å². The molecule has 1 unspecified atom stereocenters. The summed E-state index contributed by atoms with van der Waals surface area (Å²) in [6.45, 7) is 0. The number of carbonyl (C=O) groups is 1. The molecule has 0 saturated carbocycles. The molecule has 0 fully saturated rings. The number of phenols is 2. The zero-order valence-corrected chi connectivity index (χ0v) is 15.4. The van der Waals surface area contributed by atoms with Crippen molar-refractivity contribution in [1.29, 1.82) is 0 Å². The van der Waals surface area contributed by atoms with Gasteiger partial charge in [-0.1, -0.05) is 18.2 Å². The monoisotopic (exact) mass is 413 g/mol. The molecular formula is C20H13O8S-. The van der Waals surface area contributed by atoms with Crippen LogP contribution in [0.4, 0.5) is 0 Å². The predicted octanol–water partition coefficient (Wildman–Crippen LogP) is 3.00. The van der Waals surface area contributed by atoms with E-state index in [0.717, 1.165) is 0 Å². The highest BCUT2D eigenvalue weighted by atomic mass is 32.2. The van der Waals surface area contributed by atoms with Crippen LogP contribution in [0.2, 0.25) is 0 Å². The maximum absolute atomic E-state index is 12.5. The topological polar surface area (TPSA) is 136 Å². The van der Waals surface area contributed by atoms with Gasteiger partial charge in [-0.25, -0.2) is 9.00 Å². The average molecular weight is 413 g/mol. The smallest absolute Gasteiger partial charge is 0.340 e. The van der Waals surface area contributed by atoms with Crippen LogP contribution < -0.4 is 4.74 Å². The minimum Gasteiger partial charge on any atom is -0.750 e. The second-order valence-corrected chi connectivity index (χ2v) is 6.73. The zero-order valence-electron chi connectivity index (χ0n) is 14.6. The molecular weight excluding hydrogens is 400 g/mol. The van der Waals surface area contributed by atoms with Crippen molar-refractivity contribution in [2.24, 2.45) is 0 Å². The van der Waals surface area contributed by atoms with Crippen LogP contribution in [0.25, 0.3) is 0 Å². The van der Waals surface area contributed by atoms with E-state index in [9.17, 15) is 15.0 Å². The number of hydrogen-bond acceptors (Lipinski definition) is 7. The first-order valence-electron chi connectivity index (χ1n) is 8.29. The highest BCUT2D eigenvalue weighted by Gasteiger charge is 2.53. The summed E-state index contributed by atoms with van der Waals surface area (Å²) in [5.74, 6) is 0.408. The third kappa shape index (κ3) is 3.01. The molecule has 9 heteroatoms. The van der Waals surface area contributed by atoms with Crippen molar-refractivity contribution in [3.63, 3.8) is 0 Å². The van der Waals surface area contributed by atoms with Gasteiger partial charge in [-0.05, 0) is 30.3 Å². The van der Waals surface area contributed by atoms with Crippen molar-refractivity contribution < 1.29 is 37.8 Å². The van der Waals surface area contributed by atoms with Crippen LogP contribution >= 0.6 is 0 Å². The first kappa shape index (κ1) is 18.9. The molecule has 2 aliphatic rings. The molecule has 0 aromatic heterocycles. The summed E-state index contributed by atoms with van der Waals surface area (Å²) in [6.07, 6.45) is 0. The molecule has 2 heterocycles. The van der Waals surface area contributed by atoms with Crippen molar-refractivity contribution in [2.75, 3.05) is 0 Å². The Morgan fingerprint density at radius 1 is 0.862 bits per heavy atom. The van der Waals surface area contributed by atoms with Crippen molar-refractivity contribution in [3.8, 4) is 23.0 Å². The molecule has 3 aromatic carbocycles. The van der Waals surface area contributed by atoms with Crippen LogP contribution in [0.1, 0.15) is 27.0 Å². The SMILES string of the molecule is O=C1OC2(c3ccc(O)cc3Oc3cc(O)ccc32)c2ccccc21.O=S([O-])O. The van der Waals surface area contributed by atoms with E-state index in [0.29, 0.717) is 33.8 Å². The first-order valence-corrected chi connectivity index (χ1v) is 9.32. The molecule has 3 N–H and O–H groups in total. The van der Waals surface area contributed by atoms with Crippen molar-refractivity contribution in [2.45, 2.75) is 5.60 Å². The number of fused-ring (bicyclic) bond motifs is 6. The van der Waals surface area contributed by atoms with E-state index in [4.69, 9.17) is 22.8 Å². The summed E-state index contributed by atoms with van der Waals surface area (Å²) in [7, 11) is 0. The van der Waals surface area contributed by atoms with Crippen LogP contribution in [0.5, 0.6) is 23.0 Å². The Morgan fingerprint density at radius 2 is 1.38 bits per heavy atom. The molecule has 0 bridgehead atoms. The number of aromatic hydroxyl groups is 2. The van der Waals surface area contributed by atoms with E-state index in [1.807, 2.05) is 12.1 Å². The Morgan fingerprint density at radius 3 is 1.93 bits per heavy atom. The maximum atomic E-state index is 12.5. The van der Waals surface area contributed by atoms with Gasteiger partial charge in [-0.2, -0.15) is 0 Å². The largest absolute Gasteiger partial charge is 0.750 e. The summed E-state index contributed by atoms with van der Waals surface area (Å²) >= 11 is -2.86. The molecule has 29 heavy (non-hydrogen) atoms. The third-order valence-corrected chi connectivity index (χ3v) is 4.68. The number of esters is 1. The van der Waals surface area contributed by atoms with Gasteiger partial charge < -0.3 is 28.8 Å². The summed E-state index contributed by atoms with van der Waals surface area (Å²) in [6, 6.07) is 16.6. The van der Waals surface area contributed by atoms with Gasteiger partial charge in [-0.3, -0.25) is 0 Å². The summed E-state index contributed by atoms with van der Waals surface area (Å²) in [4.78, 5) is 12.5. The van der Waals surface area contributed by atoms with E-state index >= 15 is 0 Å². The molecule has 0 saturated heterocycles. The van der Waals surface area contributed by atoms with Gasteiger partial charge in [0, 0.05) is 28.8 Å². The second kappa shape index (κ2) is 6.89. The molecule has 0 aliphatic carbocycles. The Bertz CT molecular complexity index is 1100. The van der Waals surface area contributed by atoms with Crippen molar-refractivity contribution >= 4 is 17.3 Å². The Balaban J connectivity index is 0.000000472. The van der Waals surface area contributed by atoms with Crippen LogP contribution in [-0.2, 0) is 21.7 Å². The minimum absolute atomic E-state index is 0.0371. The number of benzene rings is 3. The van der Waals surface area contributed by atoms with Crippen LogP contribution in [0.15, 0.2) is 60.7 Å². The molecule has 148 valence electrons. The highest BCUT2D eigenvalue weighted by molar-refractivity contribution is 7.73. The zero-order chi connectivity index (χ0) is 20.8. The van der Waals surface area contributed by atoms with Gasteiger partial charge in [0.2, 0.25) is 0 Å². The van der Waals surface area contributed by atoms with Gasteiger partial charge in [0.1, 0.15) is 23.0 Å². The number of phenolic OH excluding ortho intramolecular Hbond substituents is 2. The minimum atomic E-state index is -2.86. The van der Waals surface area contributed by atoms with Gasteiger partial charge in [-0.15, -0.1) is 0 Å². The fourth-order valence-corrected chi connectivity index (χ4v) is 3.65. The van der Waals surface area contributed by atoms with Gasteiger partial charge in [0.05, 0.1) is 16.9 Å². The van der Waals surface area contributed by atoms with E-state index in [2.05, 4.69) is 0 Å². The predicted molar refractivity (Wildman–Crippen MR) is 99.6 cm³/mol. The Hall–Kier alpha value is -3.40. The van der Waals surface area contributed by atoms with Crippen LogP contribution in [-0.4, -0.2) is 29.5 Å². The van der Waals surface area contributed by atoms with E-state index in [-0.39, 0.29) is 11.5 Å². The molecule has 2 aliphatic heterocycles. The van der Waals surface area contributed by atoms with Crippen LogP contribution in [0, 0.1) is 0 Å². The van der Waals surface area contributed by atoms with E-state index in [1.54, 1.807) is 24.3 Å². The van der Waals surface area contributed by atoms with Gasteiger partial charge in [0.25, 0.3) is 0 Å². The van der Waals surface area contributed by atoms with Gasteiger partial charge >= 0.3 is 5.97 Å². The molecule has 3 aromatic rings. The lowest BCUT2D eigenvalue weighted by atomic mass is 9.77. The lowest BCUT2D eigenvalue weighted by Gasteiger charge is -2.36. The number of ether oxygens (including phenoxy) is 2. The first-order chi connectivity index (χ1) is 13.8. The molecule has 5 rings (SSSR count). The summed E-state index contributed by atoms with van der Waals surface area (Å²) < 4.78 is 35.9. The van der Waals surface area contributed by atoms with Crippen LogP contribution in [0.3, 0.4) is 0 Å².